The molecule has 3 rings (SSSR count). The van der Waals surface area contributed by atoms with Crippen LogP contribution in [0.25, 0.3) is 0 Å². The van der Waals surface area contributed by atoms with E-state index in [2.05, 4.69) is 28.4 Å². The molecule has 1 aromatic carbocycles. The first-order valence-electron chi connectivity index (χ1n) is 8.79. The van der Waals surface area contributed by atoms with E-state index < -0.39 is 0 Å². The molecule has 23 heavy (non-hydrogen) atoms. The highest BCUT2D eigenvalue weighted by Gasteiger charge is 2.22. The smallest absolute Gasteiger partial charge is 0.226 e. The molecule has 0 saturated carbocycles. The highest BCUT2D eigenvalue weighted by atomic mass is 35.5. The third-order valence-electron chi connectivity index (χ3n) is 5.29. The zero-order chi connectivity index (χ0) is 15.4. The van der Waals surface area contributed by atoms with Crippen LogP contribution in [0.15, 0.2) is 18.2 Å². The van der Waals surface area contributed by atoms with Crippen molar-refractivity contribution in [3.05, 3.63) is 34.9 Å². The van der Waals surface area contributed by atoms with E-state index in [4.69, 9.17) is 0 Å². The lowest BCUT2D eigenvalue weighted by atomic mass is 9.93. The SMILES string of the molecule is CNCCC1CCN(C(=O)Cc2ccc3c(c2)CCC3)CC1.Cl. The molecule has 1 aliphatic carbocycles. The van der Waals surface area contributed by atoms with Gasteiger partial charge in [0.15, 0.2) is 0 Å². The van der Waals surface area contributed by atoms with Crippen molar-refractivity contribution in [1.29, 1.82) is 0 Å². The summed E-state index contributed by atoms with van der Waals surface area (Å²) >= 11 is 0. The standard InChI is InChI=1S/C19H28N2O.ClH/c1-20-10-7-15-8-11-21(12-9-15)19(22)14-16-5-6-17-3-2-4-18(17)13-16;/h5-6,13,15,20H,2-4,7-12,14H2,1H3;1H. The minimum absolute atomic E-state index is 0. The van der Waals surface area contributed by atoms with Crippen molar-refractivity contribution < 1.29 is 4.79 Å². The molecule has 1 amide bonds. The Morgan fingerprint density at radius 3 is 2.70 bits per heavy atom. The molecule has 1 fully saturated rings. The number of benzene rings is 1. The van der Waals surface area contributed by atoms with Gasteiger partial charge in [-0.2, -0.15) is 0 Å². The van der Waals surface area contributed by atoms with Crippen molar-refractivity contribution in [2.75, 3.05) is 26.7 Å². The molecule has 1 saturated heterocycles. The lowest BCUT2D eigenvalue weighted by Gasteiger charge is -2.32. The van der Waals surface area contributed by atoms with Crippen molar-refractivity contribution in [3.8, 4) is 0 Å². The Labute approximate surface area is 146 Å². The molecule has 0 unspecified atom stereocenters. The predicted octanol–water partition coefficient (Wildman–Crippen LogP) is 2.99. The Balaban J connectivity index is 0.00000192. The van der Waals surface area contributed by atoms with Gasteiger partial charge in [-0.3, -0.25) is 4.79 Å². The summed E-state index contributed by atoms with van der Waals surface area (Å²) in [7, 11) is 2.01. The number of halogens is 1. The number of nitrogens with one attached hydrogen (secondary N) is 1. The van der Waals surface area contributed by atoms with E-state index in [9.17, 15) is 4.79 Å². The number of aryl methyl sites for hydroxylation is 2. The molecule has 1 N–H and O–H groups in total. The fraction of sp³-hybridized carbons (Fsp3) is 0.632. The first-order chi connectivity index (χ1) is 10.8. The molecule has 1 aromatic rings. The van der Waals surface area contributed by atoms with Crippen LogP contribution in [0, 0.1) is 5.92 Å². The van der Waals surface area contributed by atoms with Crippen LogP contribution in [0.1, 0.15) is 42.4 Å². The number of rotatable bonds is 5. The monoisotopic (exact) mass is 336 g/mol. The second-order valence-corrected chi connectivity index (χ2v) is 6.85. The largest absolute Gasteiger partial charge is 0.342 e. The van der Waals surface area contributed by atoms with Crippen LogP contribution in [-0.4, -0.2) is 37.5 Å². The summed E-state index contributed by atoms with van der Waals surface area (Å²) in [6.07, 6.45) is 7.82. The molecule has 1 heterocycles. The van der Waals surface area contributed by atoms with Crippen molar-refractivity contribution in [3.63, 3.8) is 0 Å². The fourth-order valence-electron chi connectivity index (χ4n) is 3.84. The molecule has 0 aromatic heterocycles. The normalized spacial score (nSPS) is 17.7. The molecule has 128 valence electrons. The molecule has 0 bridgehead atoms. The van der Waals surface area contributed by atoms with E-state index in [0.29, 0.717) is 12.3 Å². The molecular formula is C19H29ClN2O. The van der Waals surface area contributed by atoms with Gasteiger partial charge < -0.3 is 10.2 Å². The number of hydrogen-bond acceptors (Lipinski definition) is 2. The van der Waals surface area contributed by atoms with Gasteiger partial charge in [0.2, 0.25) is 5.91 Å². The maximum Gasteiger partial charge on any atom is 0.226 e. The minimum atomic E-state index is 0. The van der Waals surface area contributed by atoms with Gasteiger partial charge in [0.1, 0.15) is 0 Å². The lowest BCUT2D eigenvalue weighted by Crippen LogP contribution is -2.39. The molecule has 2 aliphatic rings. The Morgan fingerprint density at radius 1 is 1.22 bits per heavy atom. The summed E-state index contributed by atoms with van der Waals surface area (Å²) < 4.78 is 0. The Bertz CT molecular complexity index is 524. The van der Waals surface area contributed by atoms with Gasteiger partial charge >= 0.3 is 0 Å². The maximum atomic E-state index is 12.5. The van der Waals surface area contributed by atoms with E-state index in [1.54, 1.807) is 0 Å². The fourth-order valence-corrected chi connectivity index (χ4v) is 3.84. The number of fused-ring (bicyclic) bond motifs is 1. The number of nitrogens with zero attached hydrogens (tertiary/aromatic N) is 1. The van der Waals surface area contributed by atoms with E-state index in [0.717, 1.165) is 38.4 Å². The summed E-state index contributed by atoms with van der Waals surface area (Å²) in [5.41, 5.74) is 4.15. The van der Waals surface area contributed by atoms with Crippen LogP contribution >= 0.6 is 12.4 Å². The van der Waals surface area contributed by atoms with Crippen LogP contribution in [0.3, 0.4) is 0 Å². The first-order valence-corrected chi connectivity index (χ1v) is 8.79. The van der Waals surface area contributed by atoms with Crippen molar-refractivity contribution in [1.82, 2.24) is 10.2 Å². The Hall–Kier alpha value is -1.06. The minimum Gasteiger partial charge on any atom is -0.342 e. The van der Waals surface area contributed by atoms with Gasteiger partial charge in [-0.25, -0.2) is 0 Å². The highest BCUT2D eigenvalue weighted by Crippen LogP contribution is 2.24. The quantitative estimate of drug-likeness (QED) is 0.896. The second kappa shape index (κ2) is 8.70. The Morgan fingerprint density at radius 2 is 1.96 bits per heavy atom. The molecule has 4 heteroatoms. The van der Waals surface area contributed by atoms with Gasteiger partial charge in [-0.05, 0) is 74.7 Å². The van der Waals surface area contributed by atoms with Gasteiger partial charge in [-0.1, -0.05) is 18.2 Å². The second-order valence-electron chi connectivity index (χ2n) is 6.85. The van der Waals surface area contributed by atoms with Gasteiger partial charge in [0, 0.05) is 13.1 Å². The third-order valence-corrected chi connectivity index (χ3v) is 5.29. The summed E-state index contributed by atoms with van der Waals surface area (Å²) in [6, 6.07) is 6.65. The molecular weight excluding hydrogens is 308 g/mol. The zero-order valence-corrected chi connectivity index (χ0v) is 15.0. The molecule has 3 nitrogen and oxygen atoms in total. The van der Waals surface area contributed by atoms with Crippen LogP contribution in [-0.2, 0) is 24.1 Å². The van der Waals surface area contributed by atoms with Crippen LogP contribution in [0.2, 0.25) is 0 Å². The van der Waals surface area contributed by atoms with Gasteiger partial charge in [-0.15, -0.1) is 12.4 Å². The summed E-state index contributed by atoms with van der Waals surface area (Å²) in [4.78, 5) is 14.6. The van der Waals surface area contributed by atoms with Crippen molar-refractivity contribution >= 4 is 18.3 Å². The number of carbonyl (C=O) groups is 1. The van der Waals surface area contributed by atoms with Crippen molar-refractivity contribution in [2.45, 2.75) is 44.9 Å². The number of likely N-dealkylation sites (tertiary alicyclic amines) is 1. The van der Waals surface area contributed by atoms with Crippen LogP contribution in [0.4, 0.5) is 0 Å². The van der Waals surface area contributed by atoms with Gasteiger partial charge in [0.05, 0.1) is 6.42 Å². The number of hydrogen-bond donors (Lipinski definition) is 1. The van der Waals surface area contributed by atoms with E-state index in [1.807, 2.05) is 7.05 Å². The molecule has 0 atom stereocenters. The Kier molecular flexibility index (Phi) is 6.91. The summed E-state index contributed by atoms with van der Waals surface area (Å²) in [5, 5.41) is 3.22. The molecule has 0 radical (unpaired) electrons. The van der Waals surface area contributed by atoms with Gasteiger partial charge in [0.25, 0.3) is 0 Å². The van der Waals surface area contributed by atoms with Crippen molar-refractivity contribution in [2.24, 2.45) is 5.92 Å². The topological polar surface area (TPSA) is 32.3 Å². The van der Waals surface area contributed by atoms with E-state index in [1.165, 1.54) is 42.4 Å². The van der Waals surface area contributed by atoms with Crippen LogP contribution in [0.5, 0.6) is 0 Å². The summed E-state index contributed by atoms with van der Waals surface area (Å²) in [5.74, 6) is 1.10. The average molecular weight is 337 g/mol. The first kappa shape index (κ1) is 18.3. The molecule has 0 spiro atoms. The van der Waals surface area contributed by atoms with Crippen LogP contribution < -0.4 is 5.32 Å². The summed E-state index contributed by atoms with van der Waals surface area (Å²) in [6.45, 7) is 2.98. The van der Waals surface area contributed by atoms with E-state index >= 15 is 0 Å². The number of carbonyl (C=O) groups excluding carboxylic acids is 1. The highest BCUT2D eigenvalue weighted by molar-refractivity contribution is 5.85. The number of piperidine rings is 1. The third kappa shape index (κ3) is 4.71. The van der Waals surface area contributed by atoms with E-state index in [-0.39, 0.29) is 12.4 Å². The lowest BCUT2D eigenvalue weighted by molar-refractivity contribution is -0.131. The zero-order valence-electron chi connectivity index (χ0n) is 14.1. The molecule has 1 aliphatic heterocycles. The predicted molar refractivity (Wildman–Crippen MR) is 97.3 cm³/mol. The average Bonchev–Trinajstić information content (AvgIpc) is 3.01. The maximum absolute atomic E-state index is 12.5. The number of amides is 1.